The van der Waals surface area contributed by atoms with Crippen LogP contribution in [0, 0.1) is 23.7 Å². The van der Waals surface area contributed by atoms with Gasteiger partial charge in [-0.3, -0.25) is 14.3 Å². The minimum absolute atomic E-state index is 0.0216. The number of ether oxygens (including phenoxy) is 2. The molecule has 11 heteroatoms. The molecule has 264 valence electrons. The normalized spacial score (nSPS) is 36.5. The van der Waals surface area contributed by atoms with E-state index in [0.717, 1.165) is 55.9 Å². The van der Waals surface area contributed by atoms with Crippen molar-refractivity contribution in [1.82, 2.24) is 4.72 Å². The fraction of sp³-hybridized carbons (Fsp3) is 0.579. The molecule has 2 fully saturated rings. The van der Waals surface area contributed by atoms with E-state index in [9.17, 15) is 18.9 Å². The van der Waals surface area contributed by atoms with Crippen molar-refractivity contribution in [2.75, 3.05) is 37.5 Å². The zero-order valence-corrected chi connectivity index (χ0v) is 30.2. The van der Waals surface area contributed by atoms with Crippen LogP contribution in [-0.4, -0.2) is 65.4 Å². The van der Waals surface area contributed by atoms with Gasteiger partial charge < -0.3 is 19.5 Å². The Kier molecular flexibility index (Phi) is 9.39. The van der Waals surface area contributed by atoms with Crippen LogP contribution in [0.4, 0.5) is 5.69 Å². The topological polar surface area (TPSA) is 118 Å². The number of nitrogens with one attached hydrogen (secondary N) is 1. The summed E-state index contributed by atoms with van der Waals surface area (Å²) in [5.74, 6) is -0.230. The van der Waals surface area contributed by atoms with Gasteiger partial charge in [-0.1, -0.05) is 36.7 Å². The van der Waals surface area contributed by atoms with E-state index in [1.54, 1.807) is 20.1 Å². The van der Waals surface area contributed by atoms with Gasteiger partial charge in [-0.05, 0) is 118 Å². The molecule has 5 aliphatic rings. The monoisotopic (exact) mass is 709 g/mol. The molecule has 2 saturated carbocycles. The number of amides is 2. The Morgan fingerprint density at radius 1 is 1.20 bits per heavy atom. The van der Waals surface area contributed by atoms with Gasteiger partial charge in [0.1, 0.15) is 15.7 Å². The Morgan fingerprint density at radius 2 is 2.02 bits per heavy atom. The molecule has 0 saturated heterocycles. The summed E-state index contributed by atoms with van der Waals surface area (Å²) in [6.45, 7) is 5.64. The first kappa shape index (κ1) is 34.5. The molecular weight excluding hydrogens is 662 g/mol. The summed E-state index contributed by atoms with van der Waals surface area (Å²) in [4.78, 5) is 29.5. The van der Waals surface area contributed by atoms with Crippen molar-refractivity contribution < 1.29 is 28.4 Å². The van der Waals surface area contributed by atoms with Crippen molar-refractivity contribution in [3.8, 4) is 5.75 Å². The number of anilines is 1. The molecule has 49 heavy (non-hydrogen) atoms. The second-order valence-electron chi connectivity index (χ2n) is 15.5. The molecule has 2 bridgehead atoms. The number of carbonyl (C=O) groups is 2. The minimum Gasteiger partial charge on any atom is -0.490 e. The number of aliphatic hydroxyl groups is 1. The predicted molar refractivity (Wildman–Crippen MR) is 191 cm³/mol. The number of hydrogen-bond acceptors (Lipinski definition) is 7. The standard InChI is InChI=1S/C38H48ClN3O6S/c1-24-6-4-8-33(47-3)30-12-9-27(30)20-42-22-38(15-5-7-25-16-29(39)11-13-31(25)38)23-48-34-14-10-26(17-32(34)42)35(43)40-49(46,21-24)41-36(44)28-18-37(2,45)19-28/h4,8,10-11,13-14,16-17,24,27-28,30,33,45H,5-7,9,12,15,18-23H2,1-3H3,(H,40,41,43,44,46)/b8-4+/t24-,27-,28-,30+,33-,37+,38-,49-/m0/s1. The molecule has 9 nitrogen and oxygen atoms in total. The van der Waals surface area contributed by atoms with Crippen LogP contribution in [0.3, 0.4) is 0 Å². The summed E-state index contributed by atoms with van der Waals surface area (Å²) in [5.41, 5.74) is 2.48. The van der Waals surface area contributed by atoms with E-state index in [0.29, 0.717) is 36.2 Å². The molecule has 2 amide bonds. The lowest BCUT2D eigenvalue weighted by molar-refractivity contribution is -0.137. The Labute approximate surface area is 295 Å². The van der Waals surface area contributed by atoms with Gasteiger partial charge in [-0.2, -0.15) is 0 Å². The van der Waals surface area contributed by atoms with Gasteiger partial charge in [0.15, 0.2) is 0 Å². The second-order valence-corrected chi connectivity index (χ2v) is 18.0. The predicted octanol–water partition coefficient (Wildman–Crippen LogP) is 6.25. The fourth-order valence-corrected chi connectivity index (χ4v) is 11.0. The van der Waals surface area contributed by atoms with Gasteiger partial charge >= 0.3 is 0 Å². The smallest absolute Gasteiger partial charge is 0.286 e. The highest BCUT2D eigenvalue weighted by molar-refractivity contribution is 7.92. The number of halogens is 1. The van der Waals surface area contributed by atoms with Crippen molar-refractivity contribution in [2.24, 2.45) is 28.0 Å². The van der Waals surface area contributed by atoms with Crippen LogP contribution in [0.5, 0.6) is 5.75 Å². The van der Waals surface area contributed by atoms with Gasteiger partial charge in [-0.25, -0.2) is 4.21 Å². The third-order valence-corrected chi connectivity index (χ3v) is 13.8. The average Bonchev–Trinajstić information content (AvgIpc) is 3.17. The molecule has 0 unspecified atom stereocenters. The van der Waals surface area contributed by atoms with Crippen molar-refractivity contribution >= 4 is 39.0 Å². The first-order valence-corrected chi connectivity index (χ1v) is 19.8. The summed E-state index contributed by atoms with van der Waals surface area (Å²) in [6, 6.07) is 11.6. The fourth-order valence-electron chi connectivity index (χ4n) is 8.80. The van der Waals surface area contributed by atoms with Crippen LogP contribution >= 0.6 is 11.6 Å². The van der Waals surface area contributed by atoms with Crippen LogP contribution in [-0.2, 0) is 31.3 Å². The van der Waals surface area contributed by atoms with E-state index in [2.05, 4.69) is 38.3 Å². The van der Waals surface area contributed by atoms with Crippen LogP contribution in [0.15, 0.2) is 52.9 Å². The average molecular weight is 710 g/mol. The molecule has 2 N–H and O–H groups in total. The summed E-state index contributed by atoms with van der Waals surface area (Å²) in [7, 11) is -1.72. The van der Waals surface area contributed by atoms with Gasteiger partial charge in [-0.15, -0.1) is 4.36 Å². The third-order valence-electron chi connectivity index (χ3n) is 11.5. The number of methoxy groups -OCH3 is 1. The maximum Gasteiger partial charge on any atom is 0.286 e. The van der Waals surface area contributed by atoms with Crippen molar-refractivity contribution in [3.63, 3.8) is 0 Å². The molecule has 7 rings (SSSR count). The lowest BCUT2D eigenvalue weighted by Gasteiger charge is -2.46. The maximum absolute atomic E-state index is 14.4. The van der Waals surface area contributed by atoms with E-state index in [4.69, 9.17) is 21.1 Å². The number of hydrogen-bond donors (Lipinski definition) is 2. The highest BCUT2D eigenvalue weighted by Crippen LogP contribution is 2.47. The summed E-state index contributed by atoms with van der Waals surface area (Å²) in [6.07, 6.45) is 10.4. The number of carbonyl (C=O) groups excluding carboxylic acids is 2. The van der Waals surface area contributed by atoms with Crippen LogP contribution in [0.1, 0.15) is 80.3 Å². The molecule has 6 atom stereocenters. The van der Waals surface area contributed by atoms with Gasteiger partial charge in [0.25, 0.3) is 5.91 Å². The first-order chi connectivity index (χ1) is 23.4. The van der Waals surface area contributed by atoms with E-state index in [1.165, 1.54) is 11.1 Å². The van der Waals surface area contributed by atoms with Crippen LogP contribution in [0.2, 0.25) is 5.02 Å². The van der Waals surface area contributed by atoms with Gasteiger partial charge in [0, 0.05) is 42.1 Å². The lowest BCUT2D eigenvalue weighted by atomic mass is 9.68. The highest BCUT2D eigenvalue weighted by atomic mass is 35.5. The van der Waals surface area contributed by atoms with Crippen molar-refractivity contribution in [1.29, 1.82) is 0 Å². The van der Waals surface area contributed by atoms with Crippen molar-refractivity contribution in [3.05, 3.63) is 70.3 Å². The van der Waals surface area contributed by atoms with Crippen molar-refractivity contribution in [2.45, 2.75) is 82.3 Å². The minimum atomic E-state index is -3.48. The number of fused-ring (bicyclic) bond motifs is 4. The highest BCUT2D eigenvalue weighted by Gasteiger charge is 2.45. The molecule has 0 radical (unpaired) electrons. The van der Waals surface area contributed by atoms with E-state index in [-0.39, 0.29) is 36.0 Å². The Hall–Kier alpha value is -2.92. The summed E-state index contributed by atoms with van der Waals surface area (Å²) in [5, 5.41) is 10.9. The van der Waals surface area contributed by atoms with Crippen LogP contribution in [0.25, 0.3) is 0 Å². The Balaban J connectivity index is 1.28. The summed E-state index contributed by atoms with van der Waals surface area (Å²) >= 11 is 6.44. The first-order valence-electron chi connectivity index (χ1n) is 17.7. The maximum atomic E-state index is 14.4. The molecule has 2 aromatic carbocycles. The van der Waals surface area contributed by atoms with E-state index < -0.39 is 33.2 Å². The molecule has 2 aromatic rings. The zero-order chi connectivity index (χ0) is 34.6. The van der Waals surface area contributed by atoms with E-state index in [1.807, 2.05) is 25.1 Å². The molecule has 2 heterocycles. The lowest BCUT2D eigenvalue weighted by Crippen LogP contribution is -2.50. The second kappa shape index (κ2) is 13.3. The molecule has 1 spiro atoms. The third kappa shape index (κ3) is 7.03. The SMILES string of the molecule is CO[C@H]1/C=C/C[C@H](C)C[S@@](=O)(NC(=O)[C@H]2C[C@@](C)(O)C2)=NC(=O)c2ccc3c(c2)N(C[C@@H]2CC[C@H]21)C[C@@]1(CCCc2cc(Cl)ccc21)CO3. The summed E-state index contributed by atoms with van der Waals surface area (Å²) < 4.78 is 34.0. The number of benzene rings is 2. The molecular formula is C38H48ClN3O6S. The Bertz CT molecular complexity index is 1780. The quantitative estimate of drug-likeness (QED) is 0.362. The number of rotatable bonds is 3. The number of nitrogens with zero attached hydrogens (tertiary/aromatic N) is 2. The molecule has 2 aliphatic heterocycles. The molecule has 0 aromatic heterocycles. The molecule has 3 aliphatic carbocycles. The van der Waals surface area contributed by atoms with E-state index >= 15 is 0 Å². The van der Waals surface area contributed by atoms with Gasteiger partial charge in [0.05, 0.1) is 29.8 Å². The number of aryl methyl sites for hydroxylation is 1. The van der Waals surface area contributed by atoms with Gasteiger partial charge in [0.2, 0.25) is 5.91 Å². The number of allylic oxidation sites excluding steroid dienone is 1. The van der Waals surface area contributed by atoms with Crippen LogP contribution < -0.4 is 14.4 Å². The largest absolute Gasteiger partial charge is 0.490 e. The zero-order valence-electron chi connectivity index (χ0n) is 28.7. The Morgan fingerprint density at radius 3 is 2.76 bits per heavy atom.